The van der Waals surface area contributed by atoms with E-state index in [4.69, 9.17) is 17.2 Å². The van der Waals surface area contributed by atoms with Gasteiger partial charge in [0.25, 0.3) is 0 Å². The molecule has 0 spiro atoms. The molecule has 43 heteroatoms. The minimum absolute atomic E-state index is 0.111. The van der Waals surface area contributed by atoms with Gasteiger partial charge in [0.1, 0.15) is 78.5 Å². The number of carbonyl (C=O) groups is 17. The number of nitrogens with one attached hydrogen (secondary N) is 9. The van der Waals surface area contributed by atoms with Gasteiger partial charge in [0, 0.05) is 102 Å². The first-order valence-corrected chi connectivity index (χ1v) is 44.7. The molecule has 14 amide bonds. The van der Waals surface area contributed by atoms with Crippen LogP contribution in [0.3, 0.4) is 0 Å². The maximum absolute atomic E-state index is 15.6. The van der Waals surface area contributed by atoms with Crippen LogP contribution in [-0.2, 0) is 114 Å². The summed E-state index contributed by atoms with van der Waals surface area (Å²) in [6.07, 6.45) is -4.74. The van der Waals surface area contributed by atoms with Gasteiger partial charge in [0.15, 0.2) is 17.5 Å². The van der Waals surface area contributed by atoms with Crippen LogP contribution in [0.25, 0.3) is 10.9 Å². The maximum Gasteiger partial charge on any atom is 0.305 e. The van der Waals surface area contributed by atoms with Crippen molar-refractivity contribution in [2.45, 2.75) is 201 Å². The molecule has 20 N–H and O–H groups in total. The molecule has 724 valence electrons. The Morgan fingerprint density at radius 3 is 1.65 bits per heavy atom. The topological polar surface area (TPSA) is 598 Å². The summed E-state index contributed by atoms with van der Waals surface area (Å²) in [6, 6.07) is 9.67. The number of carbonyl (C=O) groups excluding carboxylic acids is 15. The number of aliphatic hydroxyl groups excluding tert-OH is 2. The molecule has 2 saturated heterocycles. The number of H-pyrrole nitrogens is 1. The molecule has 1 aromatic heterocycles. The fourth-order valence-corrected chi connectivity index (χ4v) is 16.6. The van der Waals surface area contributed by atoms with Crippen molar-refractivity contribution in [3.05, 3.63) is 173 Å². The molecule has 6 aromatic rings. The number of likely N-dealkylation sites (N-methyl/N-ethyl adjacent to an activating group) is 3. The first kappa shape index (κ1) is 106. The van der Waals surface area contributed by atoms with Gasteiger partial charge < -0.3 is 120 Å². The van der Waals surface area contributed by atoms with Gasteiger partial charge in [0.05, 0.1) is 43.0 Å². The SMILES string of the molecule is CCCC[C@@H](C(=O)N1C[C@H](O)C[C@@H]1C(=O)N[C@@H](CC(=O)O)C(=O)N[C@H](C(=O)N(C)[C@H](C=O)Cc1ccccc1)C(C)C)N(C)C(=O)[C@H](Cc1ccccc1)N(C)C(=O)[C@H](Cc1cc(F)c(F)c(F)c1)NC(=O)CSC[C@H](NC(=O)[C@H](CCN)NC(=O)[C@H](Cc1ccc(O)cc1)NC(=O)[C@H](Cc1c[nH]c2ccccc12)NC(=O)[C@H]1C[C@@H](O)CN1C(=O)[C@@H](N)CCC(=O)O)C(=O)NCC(N)=O. The number of thioether (sulfide) groups is 1. The number of fused-ring (bicyclic) bond motifs is 1. The number of β-amino-alcohol motifs (C(OH)–C–C–N with tert-alkyl or cyclic N) is 2. The molecule has 0 aliphatic carbocycles. The van der Waals surface area contributed by atoms with Crippen LogP contribution in [0.5, 0.6) is 5.75 Å². The summed E-state index contributed by atoms with van der Waals surface area (Å²) in [7, 11) is 3.73. The number of para-hydroxylation sites is 1. The van der Waals surface area contributed by atoms with Crippen LogP contribution in [-0.4, -0.2) is 306 Å². The molecule has 134 heavy (non-hydrogen) atoms. The van der Waals surface area contributed by atoms with E-state index in [1.807, 2.05) is 0 Å². The molecule has 0 unspecified atom stereocenters. The molecule has 0 saturated carbocycles. The van der Waals surface area contributed by atoms with Crippen LogP contribution >= 0.6 is 11.8 Å². The first-order valence-electron chi connectivity index (χ1n) is 43.5. The number of aromatic hydroxyl groups is 1. The quantitative estimate of drug-likeness (QED) is 0.0161. The number of likely N-dealkylation sites (tertiary alicyclic amines) is 2. The predicted octanol–water partition coefficient (Wildman–Crippen LogP) is -1.00. The number of nitrogens with two attached hydrogens (primary N) is 3. The van der Waals surface area contributed by atoms with Crippen molar-refractivity contribution in [2.24, 2.45) is 23.1 Å². The monoisotopic (exact) mass is 1890 g/mol. The summed E-state index contributed by atoms with van der Waals surface area (Å²) in [5.41, 5.74) is 19.7. The van der Waals surface area contributed by atoms with E-state index in [1.165, 1.54) is 38.4 Å². The van der Waals surface area contributed by atoms with Crippen molar-refractivity contribution < 1.29 is 120 Å². The minimum Gasteiger partial charge on any atom is -0.508 e. The number of aliphatic hydroxyl groups is 2. The number of carboxylic acids is 2. The van der Waals surface area contributed by atoms with Crippen LogP contribution in [0.15, 0.2) is 128 Å². The second kappa shape index (κ2) is 50.5. The fraction of sp³-hybridized carbons (Fsp3) is 0.462. The third kappa shape index (κ3) is 30.1. The number of phenols is 1. The molecule has 2 fully saturated rings. The van der Waals surface area contributed by atoms with E-state index in [0.29, 0.717) is 64.2 Å². The highest BCUT2D eigenvalue weighted by Gasteiger charge is 2.47. The van der Waals surface area contributed by atoms with Crippen LogP contribution in [0.4, 0.5) is 13.2 Å². The lowest BCUT2D eigenvalue weighted by Crippen LogP contribution is -2.61. The van der Waals surface area contributed by atoms with Gasteiger partial charge >= 0.3 is 11.9 Å². The van der Waals surface area contributed by atoms with Crippen molar-refractivity contribution >= 4 is 124 Å². The standard InChI is InChI=1S/C91H116F3N17O22S/c1-7-8-23-70(90(132)111-45-58(115)40-72(111)86(128)104-67(41-77(120)121)84(126)106-79(49(2)3)91(133)107(4)55(46-112)32-50-17-11-9-12-18-50)108(5)89(131)73(37-51-19-13-10-14-20-51)109(6)88(130)68(36-53-33-60(92)78(94)61(93)34-53)100-75(117)48-134-47-69(80(122)99-43-74(97)116)105-81(123)64(30-31-95)101-82(124)65(35-52-24-26-56(113)27-25-52)102-83(125)66(38-54-42-98-63-22-16-15-21-59(54)63)103-85(127)71-39-57(114)44-110(71)87(129)62(96)28-29-76(118)119/h9-22,24-27,33-34,42,46,49,55,57-58,62,64-73,79,98,113-115H,7-8,23,28-32,35-41,43-45,47-48,95-96H2,1-6H3,(H2,97,116)(H,99,122)(H,100,117)(H,101,124)(H,102,125)(H,103,127)(H,104,128)(H,105,123)(H,106,126)(H,118,119)(H,120,121)/t55-,57+,58+,62-,64-,65-,66-,67-,68-,69-,70-,71+,72+,73-,79-/m0/s1. The molecule has 0 radical (unpaired) electrons. The minimum atomic E-state index is -1.93. The summed E-state index contributed by atoms with van der Waals surface area (Å²) < 4.78 is 45.0. The summed E-state index contributed by atoms with van der Waals surface area (Å²) >= 11 is 0.613. The van der Waals surface area contributed by atoms with Crippen molar-refractivity contribution in [1.29, 1.82) is 0 Å². The number of halogens is 3. The summed E-state index contributed by atoms with van der Waals surface area (Å²) in [5.74, 6) is -24.5. The van der Waals surface area contributed by atoms with Crippen molar-refractivity contribution in [3.8, 4) is 5.75 Å². The highest BCUT2D eigenvalue weighted by atomic mass is 32.2. The Morgan fingerprint density at radius 1 is 0.560 bits per heavy atom. The van der Waals surface area contributed by atoms with E-state index in [1.54, 1.807) is 112 Å². The fourth-order valence-electron chi connectivity index (χ4n) is 15.7. The number of aromatic amines is 1. The maximum atomic E-state index is 15.6. The smallest absolute Gasteiger partial charge is 0.305 e. The number of aromatic nitrogens is 1. The van der Waals surface area contributed by atoms with E-state index in [2.05, 4.69) is 47.5 Å². The number of rotatable bonds is 50. The van der Waals surface area contributed by atoms with Crippen LogP contribution in [0.2, 0.25) is 0 Å². The Bertz CT molecular complexity index is 5160. The molecule has 3 heterocycles. The Labute approximate surface area is 774 Å². The average molecular weight is 1890 g/mol. The number of amides is 14. The molecular formula is C91H116F3N17O22S. The van der Waals surface area contributed by atoms with Gasteiger partial charge in [-0.05, 0) is 96.3 Å². The number of hydrogen-bond donors (Lipinski definition) is 17. The van der Waals surface area contributed by atoms with Gasteiger partial charge in [-0.25, -0.2) is 13.2 Å². The van der Waals surface area contributed by atoms with Crippen molar-refractivity contribution in [2.75, 3.05) is 58.8 Å². The number of primary amides is 1. The van der Waals surface area contributed by atoms with E-state index in [0.717, 1.165) is 37.1 Å². The lowest BCUT2D eigenvalue weighted by Gasteiger charge is -2.38. The van der Waals surface area contributed by atoms with Gasteiger partial charge in [-0.1, -0.05) is 125 Å². The Hall–Kier alpha value is -13.4. The number of unbranched alkanes of at least 4 members (excludes halogenated alkanes) is 1. The van der Waals surface area contributed by atoms with Gasteiger partial charge in [-0.3, -0.25) is 76.7 Å². The highest BCUT2D eigenvalue weighted by molar-refractivity contribution is 8.00. The molecule has 2 aliphatic heterocycles. The van der Waals surface area contributed by atoms with Gasteiger partial charge in [0.2, 0.25) is 82.7 Å². The van der Waals surface area contributed by atoms with Crippen LogP contribution < -0.4 is 59.7 Å². The number of hydrogen-bond acceptors (Lipinski definition) is 23. The molecule has 15 atom stereocenters. The summed E-state index contributed by atoms with van der Waals surface area (Å²) in [4.78, 5) is 247. The zero-order valence-corrected chi connectivity index (χ0v) is 75.6. The Kier molecular flexibility index (Phi) is 39.9. The summed E-state index contributed by atoms with van der Waals surface area (Å²) in [5, 5.41) is 72.3. The predicted molar refractivity (Wildman–Crippen MR) is 480 cm³/mol. The normalized spacial score (nSPS) is 17.1. The van der Waals surface area contributed by atoms with Crippen molar-refractivity contribution in [1.82, 2.24) is 72.0 Å². The molecule has 5 aromatic carbocycles. The largest absolute Gasteiger partial charge is 0.508 e. The lowest BCUT2D eigenvalue weighted by molar-refractivity contribution is -0.152. The number of nitrogens with zero attached hydrogens (tertiary/aromatic N) is 5. The third-order valence-electron chi connectivity index (χ3n) is 23.1. The van der Waals surface area contributed by atoms with E-state index < -0.39 is 265 Å². The zero-order valence-electron chi connectivity index (χ0n) is 74.8. The number of aldehydes is 1. The van der Waals surface area contributed by atoms with E-state index in [-0.39, 0.29) is 76.6 Å². The van der Waals surface area contributed by atoms with Crippen molar-refractivity contribution in [3.63, 3.8) is 0 Å². The molecule has 39 nitrogen and oxygen atoms in total. The molecule has 0 bridgehead atoms. The lowest BCUT2D eigenvalue weighted by atomic mass is 9.99. The number of carboxylic acid groups (broad SMARTS) is 2. The second-order valence-corrected chi connectivity index (χ2v) is 34.5. The Morgan fingerprint density at radius 2 is 1.08 bits per heavy atom. The first-order chi connectivity index (χ1) is 63.6. The highest BCUT2D eigenvalue weighted by Crippen LogP contribution is 2.28. The molecular weight excluding hydrogens is 1770 g/mol. The molecule has 8 rings (SSSR count). The second-order valence-electron chi connectivity index (χ2n) is 33.5. The Balaban J connectivity index is 1.02. The van der Waals surface area contributed by atoms with E-state index in [9.17, 15) is 92.3 Å². The summed E-state index contributed by atoms with van der Waals surface area (Å²) in [6.45, 7) is 2.88. The van der Waals surface area contributed by atoms with Crippen LogP contribution in [0, 0.1) is 23.4 Å². The molecule has 2 aliphatic rings. The van der Waals surface area contributed by atoms with Gasteiger partial charge in [-0.15, -0.1) is 11.8 Å². The number of phenolic OH excluding ortho intramolecular Hbond substituents is 1. The van der Waals surface area contributed by atoms with E-state index >= 15 is 28.0 Å². The van der Waals surface area contributed by atoms with Gasteiger partial charge in [-0.2, -0.15) is 0 Å². The van der Waals surface area contributed by atoms with Crippen LogP contribution in [0.1, 0.15) is 106 Å². The average Bonchev–Trinajstić information content (AvgIpc) is 1.53. The zero-order chi connectivity index (χ0) is 98.5. The number of aliphatic carboxylic acids is 2. The third-order valence-corrected chi connectivity index (χ3v) is 24.1. The number of benzene rings is 5.